The standard InChI is InChI=1S/C14H15F3N4O2/c1-10-2-4-11(5-3-10)21-8-12(19-20-21)13(22)18-6-7-23-9-14(15,16)17/h2-5,8H,6-7,9H2,1H3,(H,18,22). The van der Waals surface area contributed by atoms with Crippen molar-refractivity contribution in [3.05, 3.63) is 41.7 Å². The normalized spacial score (nSPS) is 11.5. The van der Waals surface area contributed by atoms with Gasteiger partial charge in [0, 0.05) is 6.54 Å². The van der Waals surface area contributed by atoms with E-state index < -0.39 is 18.7 Å². The van der Waals surface area contributed by atoms with Crippen molar-refractivity contribution < 1.29 is 22.7 Å². The predicted octanol–water partition coefficient (Wildman–Crippen LogP) is 1.88. The first-order valence-corrected chi connectivity index (χ1v) is 6.77. The van der Waals surface area contributed by atoms with Gasteiger partial charge in [-0.05, 0) is 19.1 Å². The molecule has 0 atom stereocenters. The van der Waals surface area contributed by atoms with Crippen molar-refractivity contribution in [3.8, 4) is 5.69 Å². The third kappa shape index (κ3) is 5.37. The summed E-state index contributed by atoms with van der Waals surface area (Å²) in [7, 11) is 0. The molecule has 0 saturated heterocycles. The number of nitrogens with one attached hydrogen (secondary N) is 1. The molecule has 1 amide bonds. The van der Waals surface area contributed by atoms with Gasteiger partial charge in [0.1, 0.15) is 6.61 Å². The summed E-state index contributed by atoms with van der Waals surface area (Å²) < 4.78 is 41.4. The Bertz CT molecular complexity index is 653. The molecule has 0 unspecified atom stereocenters. The molecular formula is C14H15F3N4O2. The summed E-state index contributed by atoms with van der Waals surface area (Å²) in [6.07, 6.45) is -2.93. The fourth-order valence-corrected chi connectivity index (χ4v) is 1.71. The zero-order valence-corrected chi connectivity index (χ0v) is 12.3. The van der Waals surface area contributed by atoms with Crippen LogP contribution >= 0.6 is 0 Å². The van der Waals surface area contributed by atoms with Gasteiger partial charge in [-0.15, -0.1) is 5.10 Å². The molecule has 2 aromatic rings. The van der Waals surface area contributed by atoms with Gasteiger partial charge in [0.2, 0.25) is 0 Å². The highest BCUT2D eigenvalue weighted by molar-refractivity contribution is 5.91. The lowest BCUT2D eigenvalue weighted by Crippen LogP contribution is -2.29. The minimum absolute atomic E-state index is 0.0493. The SMILES string of the molecule is Cc1ccc(-n2cc(C(=O)NCCOCC(F)(F)F)nn2)cc1. The zero-order chi connectivity index (χ0) is 16.9. The first kappa shape index (κ1) is 16.9. The summed E-state index contributed by atoms with van der Waals surface area (Å²) >= 11 is 0. The largest absolute Gasteiger partial charge is 0.411 e. The van der Waals surface area contributed by atoms with E-state index in [-0.39, 0.29) is 18.8 Å². The van der Waals surface area contributed by atoms with Crippen LogP contribution in [0, 0.1) is 6.92 Å². The third-order valence-electron chi connectivity index (χ3n) is 2.82. The zero-order valence-electron chi connectivity index (χ0n) is 12.3. The number of ether oxygens (including phenoxy) is 1. The number of alkyl halides is 3. The molecule has 0 radical (unpaired) electrons. The fraction of sp³-hybridized carbons (Fsp3) is 0.357. The lowest BCUT2D eigenvalue weighted by atomic mass is 10.2. The molecule has 1 heterocycles. The van der Waals surface area contributed by atoms with Crippen LogP contribution in [0.1, 0.15) is 16.1 Å². The quantitative estimate of drug-likeness (QED) is 0.822. The summed E-state index contributed by atoms with van der Waals surface area (Å²) in [6.45, 7) is 0.320. The van der Waals surface area contributed by atoms with E-state index in [4.69, 9.17) is 0 Å². The number of rotatable bonds is 6. The summed E-state index contributed by atoms with van der Waals surface area (Å²) in [5.41, 5.74) is 1.91. The van der Waals surface area contributed by atoms with Gasteiger partial charge in [0.15, 0.2) is 5.69 Å². The van der Waals surface area contributed by atoms with E-state index in [0.717, 1.165) is 11.3 Å². The Morgan fingerprint density at radius 3 is 2.65 bits per heavy atom. The van der Waals surface area contributed by atoms with Crippen LogP contribution in [0.15, 0.2) is 30.5 Å². The molecule has 0 bridgehead atoms. The molecule has 0 aliphatic heterocycles. The Hall–Kier alpha value is -2.42. The van der Waals surface area contributed by atoms with E-state index >= 15 is 0 Å². The number of hydrogen-bond donors (Lipinski definition) is 1. The number of aromatic nitrogens is 3. The van der Waals surface area contributed by atoms with Crippen molar-refractivity contribution in [2.24, 2.45) is 0 Å². The Balaban J connectivity index is 1.83. The number of halogens is 3. The molecule has 0 aliphatic rings. The Morgan fingerprint density at radius 2 is 2.00 bits per heavy atom. The van der Waals surface area contributed by atoms with Crippen molar-refractivity contribution in [2.75, 3.05) is 19.8 Å². The monoisotopic (exact) mass is 328 g/mol. The van der Waals surface area contributed by atoms with Gasteiger partial charge < -0.3 is 10.1 Å². The van der Waals surface area contributed by atoms with E-state index in [1.54, 1.807) is 0 Å². The maximum atomic E-state index is 11.9. The van der Waals surface area contributed by atoms with Crippen LogP contribution in [0.3, 0.4) is 0 Å². The molecule has 0 saturated carbocycles. The summed E-state index contributed by atoms with van der Waals surface area (Å²) in [5, 5.41) is 9.98. The van der Waals surface area contributed by atoms with Crippen molar-refractivity contribution in [1.82, 2.24) is 20.3 Å². The van der Waals surface area contributed by atoms with Gasteiger partial charge in [0.25, 0.3) is 5.91 Å². The average Bonchev–Trinajstić information content (AvgIpc) is 2.96. The maximum Gasteiger partial charge on any atom is 0.411 e. The van der Waals surface area contributed by atoms with Gasteiger partial charge in [0.05, 0.1) is 18.5 Å². The number of benzene rings is 1. The fourth-order valence-electron chi connectivity index (χ4n) is 1.71. The van der Waals surface area contributed by atoms with E-state index in [1.165, 1.54) is 10.9 Å². The van der Waals surface area contributed by atoms with Gasteiger partial charge in [-0.2, -0.15) is 13.2 Å². The second-order valence-electron chi connectivity index (χ2n) is 4.81. The molecule has 124 valence electrons. The predicted molar refractivity (Wildman–Crippen MR) is 75.3 cm³/mol. The Morgan fingerprint density at radius 1 is 1.30 bits per heavy atom. The van der Waals surface area contributed by atoms with Crippen LogP contribution in [-0.2, 0) is 4.74 Å². The van der Waals surface area contributed by atoms with Crippen LogP contribution in [0.25, 0.3) is 5.69 Å². The average molecular weight is 328 g/mol. The van der Waals surface area contributed by atoms with Crippen LogP contribution in [0.4, 0.5) is 13.2 Å². The molecule has 1 N–H and O–H groups in total. The van der Waals surface area contributed by atoms with E-state index in [1.807, 2.05) is 31.2 Å². The maximum absolute atomic E-state index is 11.9. The highest BCUT2D eigenvalue weighted by atomic mass is 19.4. The lowest BCUT2D eigenvalue weighted by Gasteiger charge is -2.07. The molecule has 6 nitrogen and oxygen atoms in total. The molecule has 0 spiro atoms. The van der Waals surface area contributed by atoms with Gasteiger partial charge in [-0.3, -0.25) is 4.79 Å². The van der Waals surface area contributed by atoms with E-state index in [9.17, 15) is 18.0 Å². The minimum atomic E-state index is -4.37. The second-order valence-corrected chi connectivity index (χ2v) is 4.81. The van der Waals surface area contributed by atoms with E-state index in [0.29, 0.717) is 0 Å². The molecule has 23 heavy (non-hydrogen) atoms. The number of aryl methyl sites for hydroxylation is 1. The molecule has 0 fully saturated rings. The molecule has 1 aromatic heterocycles. The minimum Gasteiger partial charge on any atom is -0.370 e. The van der Waals surface area contributed by atoms with Gasteiger partial charge >= 0.3 is 6.18 Å². The number of nitrogens with zero attached hydrogens (tertiary/aromatic N) is 3. The number of carbonyl (C=O) groups is 1. The summed E-state index contributed by atoms with van der Waals surface area (Å²) in [4.78, 5) is 11.8. The Kier molecular flexibility index (Phi) is 5.32. The highest BCUT2D eigenvalue weighted by Gasteiger charge is 2.27. The van der Waals surface area contributed by atoms with Gasteiger partial charge in [-0.1, -0.05) is 22.9 Å². The van der Waals surface area contributed by atoms with Crippen LogP contribution in [-0.4, -0.2) is 46.8 Å². The molecular weight excluding hydrogens is 313 g/mol. The smallest absolute Gasteiger partial charge is 0.370 e. The molecule has 1 aromatic carbocycles. The van der Waals surface area contributed by atoms with Crippen LogP contribution in [0.2, 0.25) is 0 Å². The van der Waals surface area contributed by atoms with Gasteiger partial charge in [-0.25, -0.2) is 4.68 Å². The second kappa shape index (κ2) is 7.23. The van der Waals surface area contributed by atoms with Crippen LogP contribution < -0.4 is 5.32 Å². The summed E-state index contributed by atoms with van der Waals surface area (Å²) in [5.74, 6) is -0.529. The molecule has 9 heteroatoms. The first-order valence-electron chi connectivity index (χ1n) is 6.77. The third-order valence-corrected chi connectivity index (χ3v) is 2.82. The van der Waals surface area contributed by atoms with Crippen LogP contribution in [0.5, 0.6) is 0 Å². The highest BCUT2D eigenvalue weighted by Crippen LogP contribution is 2.14. The number of hydrogen-bond acceptors (Lipinski definition) is 4. The molecule has 2 rings (SSSR count). The number of carbonyl (C=O) groups excluding carboxylic acids is 1. The number of amides is 1. The lowest BCUT2D eigenvalue weighted by molar-refractivity contribution is -0.173. The molecule has 0 aliphatic carbocycles. The van der Waals surface area contributed by atoms with Crippen molar-refractivity contribution in [2.45, 2.75) is 13.1 Å². The Labute approximate surface area is 130 Å². The van der Waals surface area contributed by atoms with Crippen molar-refractivity contribution in [1.29, 1.82) is 0 Å². The van der Waals surface area contributed by atoms with Crippen molar-refractivity contribution in [3.63, 3.8) is 0 Å². The van der Waals surface area contributed by atoms with E-state index in [2.05, 4.69) is 20.4 Å². The van der Waals surface area contributed by atoms with Crippen molar-refractivity contribution >= 4 is 5.91 Å². The first-order chi connectivity index (χ1) is 10.8. The summed E-state index contributed by atoms with van der Waals surface area (Å²) in [6, 6.07) is 7.46. The topological polar surface area (TPSA) is 69.0 Å².